The summed E-state index contributed by atoms with van der Waals surface area (Å²) in [7, 11) is 13.9. The SMILES string of the molecule is CCCCCCCCCCCCCCCCCCCCCCCCCCCCCCCCCCCCC[N+](C)(C)C.CCCCCCCCCCCCCCCCCCCCCCCCCCCCCCCCCCCC[N+](C)(C)C.[Br-].[Br-]. The summed E-state index contributed by atoms with van der Waals surface area (Å²) >= 11 is 0. The summed E-state index contributed by atoms with van der Waals surface area (Å²) < 4.78 is 2.25. The molecular formula is C79H166Br2N2. The third-order valence-electron chi connectivity index (χ3n) is 18.6. The maximum atomic E-state index is 2.31. The molecule has 0 spiro atoms. The molecule has 0 unspecified atom stereocenters. The Hall–Kier alpha value is 0.880. The van der Waals surface area contributed by atoms with Crippen molar-refractivity contribution in [3.05, 3.63) is 0 Å². The molecule has 4 heteroatoms. The Balaban J connectivity index is -0.000000734. The van der Waals surface area contributed by atoms with Gasteiger partial charge in [0.1, 0.15) is 0 Å². The normalized spacial score (nSPS) is 11.7. The summed E-state index contributed by atoms with van der Waals surface area (Å²) in [6, 6.07) is 0. The van der Waals surface area contributed by atoms with Crippen molar-refractivity contribution < 1.29 is 42.9 Å². The highest BCUT2D eigenvalue weighted by Crippen LogP contribution is 2.20. The third kappa shape index (κ3) is 94.2. The topological polar surface area (TPSA) is 0 Å². The summed E-state index contributed by atoms with van der Waals surface area (Å²) in [5.41, 5.74) is 0. The quantitative estimate of drug-likeness (QED) is 0.0421. The minimum absolute atomic E-state index is 0. The first kappa shape index (κ1) is 90.3. The lowest BCUT2D eigenvalue weighted by molar-refractivity contribution is -0.870. The van der Waals surface area contributed by atoms with Gasteiger partial charge >= 0.3 is 0 Å². The van der Waals surface area contributed by atoms with Crippen LogP contribution in [-0.2, 0) is 0 Å². The molecule has 0 amide bonds. The van der Waals surface area contributed by atoms with Crippen molar-refractivity contribution in [2.24, 2.45) is 0 Å². The van der Waals surface area contributed by atoms with Crippen LogP contribution >= 0.6 is 0 Å². The zero-order valence-corrected chi connectivity index (χ0v) is 63.0. The second-order valence-corrected chi connectivity index (χ2v) is 29.7. The Labute approximate surface area is 551 Å². The summed E-state index contributed by atoms with van der Waals surface area (Å²) in [5, 5.41) is 0. The van der Waals surface area contributed by atoms with Gasteiger partial charge in [-0.25, -0.2) is 0 Å². The molecule has 0 aromatic rings. The van der Waals surface area contributed by atoms with E-state index in [-0.39, 0.29) is 34.0 Å². The predicted octanol–water partition coefficient (Wildman–Crippen LogP) is 22.3. The average Bonchev–Trinajstić information content (AvgIpc) is 3.44. The van der Waals surface area contributed by atoms with Crippen molar-refractivity contribution in [3.8, 4) is 0 Å². The monoisotopic (exact) mass is 1300 g/mol. The second kappa shape index (κ2) is 79.0. The summed E-state index contributed by atoms with van der Waals surface area (Å²) in [6.07, 6.45) is 102. The Kier molecular flexibility index (Phi) is 85.9. The van der Waals surface area contributed by atoms with E-state index in [1.165, 1.54) is 456 Å². The molecule has 0 bridgehead atoms. The van der Waals surface area contributed by atoms with E-state index in [9.17, 15) is 0 Å². The van der Waals surface area contributed by atoms with Gasteiger partial charge in [-0.1, -0.05) is 431 Å². The number of nitrogens with zero attached hydrogens (tertiary/aromatic N) is 2. The molecule has 2 nitrogen and oxygen atoms in total. The van der Waals surface area contributed by atoms with Crippen LogP contribution in [0.5, 0.6) is 0 Å². The van der Waals surface area contributed by atoms with Crippen LogP contribution in [0.2, 0.25) is 0 Å². The van der Waals surface area contributed by atoms with E-state index in [0.717, 1.165) is 8.97 Å². The molecule has 0 aliphatic heterocycles. The first-order valence-corrected chi connectivity index (χ1v) is 39.2. The van der Waals surface area contributed by atoms with Gasteiger partial charge in [0.15, 0.2) is 0 Å². The summed E-state index contributed by atoms with van der Waals surface area (Å²) in [5.74, 6) is 0. The van der Waals surface area contributed by atoms with Crippen LogP contribution in [0.3, 0.4) is 0 Å². The molecule has 0 fully saturated rings. The standard InChI is InChI=1S/C40H84N.C39H82N.2BrH/c1-5-6-7-8-9-10-11-12-13-14-15-16-17-18-19-20-21-22-23-24-25-26-27-28-29-30-31-32-33-34-35-36-37-38-39-40-41(2,3)4;1-5-6-7-8-9-10-11-12-13-14-15-16-17-18-19-20-21-22-23-24-25-26-27-28-29-30-31-32-33-34-35-36-37-38-39-40(2,3)4;;/h5-40H2,1-4H3;5-39H2,1-4H3;2*1H/q2*+1;;/p-2. The van der Waals surface area contributed by atoms with Crippen molar-refractivity contribution in [2.45, 2.75) is 457 Å². The van der Waals surface area contributed by atoms with Crippen LogP contribution in [0, 0.1) is 0 Å². The molecule has 83 heavy (non-hydrogen) atoms. The highest BCUT2D eigenvalue weighted by molar-refractivity contribution is 4.56. The number of unbranched alkanes of at least 4 members (excludes halogenated alkanes) is 67. The fourth-order valence-corrected chi connectivity index (χ4v) is 12.8. The molecule has 0 aromatic heterocycles. The highest BCUT2D eigenvalue weighted by Gasteiger charge is 2.07. The van der Waals surface area contributed by atoms with Crippen molar-refractivity contribution >= 4 is 0 Å². The molecule has 0 aliphatic carbocycles. The molecule has 0 heterocycles. The van der Waals surface area contributed by atoms with Crippen LogP contribution in [0.4, 0.5) is 0 Å². The zero-order chi connectivity index (χ0) is 59.2. The smallest absolute Gasteiger partial charge is 0.0780 e. The Morgan fingerprint density at radius 2 is 0.193 bits per heavy atom. The van der Waals surface area contributed by atoms with Gasteiger partial charge < -0.3 is 42.9 Å². The van der Waals surface area contributed by atoms with E-state index in [2.05, 4.69) is 56.1 Å². The van der Waals surface area contributed by atoms with Gasteiger partial charge in [-0.2, -0.15) is 0 Å². The van der Waals surface area contributed by atoms with Crippen molar-refractivity contribution in [2.75, 3.05) is 55.4 Å². The van der Waals surface area contributed by atoms with Gasteiger partial charge in [-0.3, -0.25) is 0 Å². The Morgan fingerprint density at radius 3 is 0.265 bits per heavy atom. The fourth-order valence-electron chi connectivity index (χ4n) is 12.8. The van der Waals surface area contributed by atoms with E-state index in [1.54, 1.807) is 0 Å². The number of halogens is 2. The molecular weight excluding hydrogens is 1140 g/mol. The summed E-state index contributed by atoms with van der Waals surface area (Å²) in [4.78, 5) is 0. The van der Waals surface area contributed by atoms with Crippen LogP contribution < -0.4 is 34.0 Å². The third-order valence-corrected chi connectivity index (χ3v) is 18.6. The first-order valence-electron chi connectivity index (χ1n) is 39.2. The molecule has 0 rings (SSSR count). The zero-order valence-electron chi connectivity index (χ0n) is 59.9. The molecule has 0 aliphatic rings. The fraction of sp³-hybridized carbons (Fsp3) is 1.00. The molecule has 0 N–H and O–H groups in total. The average molecular weight is 1300 g/mol. The van der Waals surface area contributed by atoms with Crippen LogP contribution in [0.25, 0.3) is 0 Å². The van der Waals surface area contributed by atoms with Crippen molar-refractivity contribution in [1.82, 2.24) is 0 Å². The van der Waals surface area contributed by atoms with Gasteiger partial charge in [-0.15, -0.1) is 0 Å². The van der Waals surface area contributed by atoms with E-state index in [4.69, 9.17) is 0 Å². The van der Waals surface area contributed by atoms with Gasteiger partial charge in [-0.05, 0) is 25.7 Å². The summed E-state index contributed by atoms with van der Waals surface area (Å²) in [6.45, 7) is 7.28. The molecule has 506 valence electrons. The van der Waals surface area contributed by atoms with Crippen LogP contribution in [0.1, 0.15) is 457 Å². The predicted molar refractivity (Wildman–Crippen MR) is 376 cm³/mol. The highest BCUT2D eigenvalue weighted by atomic mass is 79.9. The van der Waals surface area contributed by atoms with Crippen molar-refractivity contribution in [1.29, 1.82) is 0 Å². The number of hydrogen-bond donors (Lipinski definition) is 0. The molecule has 0 aromatic carbocycles. The van der Waals surface area contributed by atoms with Crippen LogP contribution in [0.15, 0.2) is 0 Å². The lowest BCUT2D eigenvalue weighted by Crippen LogP contribution is -3.00. The number of rotatable bonds is 71. The van der Waals surface area contributed by atoms with E-state index in [0.29, 0.717) is 0 Å². The van der Waals surface area contributed by atoms with Gasteiger partial charge in [0.2, 0.25) is 0 Å². The van der Waals surface area contributed by atoms with E-state index >= 15 is 0 Å². The molecule has 0 saturated carbocycles. The molecule has 0 radical (unpaired) electrons. The number of quaternary nitrogens is 2. The minimum atomic E-state index is 0. The van der Waals surface area contributed by atoms with Crippen LogP contribution in [-0.4, -0.2) is 64.3 Å². The maximum Gasteiger partial charge on any atom is 0.0780 e. The largest absolute Gasteiger partial charge is 1.00 e. The lowest BCUT2D eigenvalue weighted by Gasteiger charge is -2.23. The van der Waals surface area contributed by atoms with Gasteiger partial charge in [0, 0.05) is 0 Å². The van der Waals surface area contributed by atoms with E-state index < -0.39 is 0 Å². The molecule has 0 saturated heterocycles. The first-order chi connectivity index (χ1) is 39.6. The molecule has 0 atom stereocenters. The Morgan fingerprint density at radius 1 is 0.120 bits per heavy atom. The number of hydrogen-bond acceptors (Lipinski definition) is 0. The lowest BCUT2D eigenvalue weighted by atomic mass is 10.0. The second-order valence-electron chi connectivity index (χ2n) is 29.7. The van der Waals surface area contributed by atoms with Gasteiger partial charge in [0.05, 0.1) is 55.4 Å². The van der Waals surface area contributed by atoms with Gasteiger partial charge in [0.25, 0.3) is 0 Å². The Bertz CT molecular complexity index is 1070. The minimum Gasteiger partial charge on any atom is -1.00 e. The van der Waals surface area contributed by atoms with E-state index in [1.807, 2.05) is 0 Å². The maximum absolute atomic E-state index is 2.31. The van der Waals surface area contributed by atoms with Crippen molar-refractivity contribution in [3.63, 3.8) is 0 Å².